The first-order valence-corrected chi connectivity index (χ1v) is 7.24. The molecule has 1 heterocycles. The Morgan fingerprint density at radius 2 is 2.08 bits per heavy atom. The maximum atomic E-state index is 13.8. The van der Waals surface area contributed by atoms with Gasteiger partial charge in [-0.2, -0.15) is 0 Å². The molecule has 2 aromatic rings. The fraction of sp³-hybridized carbons (Fsp3) is 0.250. The third kappa shape index (κ3) is 3.43. The number of nitro benzene ring substituents is 1. The van der Waals surface area contributed by atoms with Crippen molar-refractivity contribution >= 4 is 11.4 Å². The number of fused-ring (bicyclic) bond motifs is 1. The highest BCUT2D eigenvalue weighted by Crippen LogP contribution is 2.30. The second-order valence-corrected chi connectivity index (χ2v) is 5.26. The first kappa shape index (κ1) is 16.1. The molecule has 1 N–H and O–H groups in total. The molecule has 126 valence electrons. The van der Waals surface area contributed by atoms with Gasteiger partial charge in [-0.1, -0.05) is 0 Å². The Morgan fingerprint density at radius 3 is 2.83 bits per heavy atom. The van der Waals surface area contributed by atoms with E-state index in [0.717, 1.165) is 6.07 Å². The molecular weight excluding hydrogens is 322 g/mol. The SMILES string of the molecule is O=[N+]([O-])c1ccc(NCCc2cc(F)cc3c2OCOC3)c(F)c1. The summed E-state index contributed by atoms with van der Waals surface area (Å²) >= 11 is 0. The summed E-state index contributed by atoms with van der Waals surface area (Å²) in [7, 11) is 0. The molecule has 24 heavy (non-hydrogen) atoms. The minimum absolute atomic E-state index is 0.107. The van der Waals surface area contributed by atoms with Gasteiger partial charge in [-0.3, -0.25) is 10.1 Å². The van der Waals surface area contributed by atoms with Crippen LogP contribution in [-0.4, -0.2) is 18.3 Å². The molecule has 1 aliphatic heterocycles. The van der Waals surface area contributed by atoms with Crippen molar-refractivity contribution in [3.63, 3.8) is 0 Å². The van der Waals surface area contributed by atoms with E-state index in [-0.39, 0.29) is 30.6 Å². The predicted octanol–water partition coefficient (Wildman–Crippen LogP) is 3.39. The number of nitrogens with one attached hydrogen (secondary N) is 1. The summed E-state index contributed by atoms with van der Waals surface area (Å²) < 4.78 is 38.0. The molecule has 0 radical (unpaired) electrons. The lowest BCUT2D eigenvalue weighted by atomic mass is 10.1. The molecule has 8 heteroatoms. The first-order chi connectivity index (χ1) is 11.5. The van der Waals surface area contributed by atoms with E-state index in [1.165, 1.54) is 24.3 Å². The fourth-order valence-corrected chi connectivity index (χ4v) is 2.54. The highest BCUT2D eigenvalue weighted by atomic mass is 19.1. The summed E-state index contributed by atoms with van der Waals surface area (Å²) in [4.78, 5) is 9.93. The summed E-state index contributed by atoms with van der Waals surface area (Å²) in [6.07, 6.45) is 0.399. The van der Waals surface area contributed by atoms with Crippen molar-refractivity contribution in [1.82, 2.24) is 0 Å². The normalized spacial score (nSPS) is 13.1. The Morgan fingerprint density at radius 1 is 1.25 bits per heavy atom. The number of anilines is 1. The molecule has 0 saturated carbocycles. The van der Waals surface area contributed by atoms with Crippen LogP contribution < -0.4 is 10.1 Å². The summed E-state index contributed by atoms with van der Waals surface area (Å²) in [6, 6.07) is 6.11. The standard InChI is InChI=1S/C16H14F2N2O4/c17-12-5-10(16-11(6-12)8-23-9-24-16)3-4-19-15-2-1-13(20(21)22)7-14(15)18/h1-2,5-7,19H,3-4,8-9H2. The highest BCUT2D eigenvalue weighted by Gasteiger charge is 2.17. The van der Waals surface area contributed by atoms with Crippen molar-refractivity contribution in [1.29, 1.82) is 0 Å². The highest BCUT2D eigenvalue weighted by molar-refractivity contribution is 5.50. The zero-order chi connectivity index (χ0) is 17.1. The van der Waals surface area contributed by atoms with Crippen LogP contribution in [0.2, 0.25) is 0 Å². The van der Waals surface area contributed by atoms with E-state index in [1.54, 1.807) is 0 Å². The molecule has 1 aliphatic rings. The number of nitro groups is 1. The molecule has 0 atom stereocenters. The second-order valence-electron chi connectivity index (χ2n) is 5.26. The van der Waals surface area contributed by atoms with Crippen molar-refractivity contribution < 1.29 is 23.2 Å². The Labute approximate surface area is 136 Å². The van der Waals surface area contributed by atoms with Crippen molar-refractivity contribution in [3.8, 4) is 5.75 Å². The summed E-state index contributed by atoms with van der Waals surface area (Å²) in [6.45, 7) is 0.704. The van der Waals surface area contributed by atoms with Gasteiger partial charge in [-0.25, -0.2) is 8.78 Å². The van der Waals surface area contributed by atoms with E-state index in [9.17, 15) is 18.9 Å². The molecule has 0 saturated heterocycles. The molecule has 0 fully saturated rings. The van der Waals surface area contributed by atoms with E-state index >= 15 is 0 Å². The van der Waals surface area contributed by atoms with Crippen LogP contribution in [0.4, 0.5) is 20.2 Å². The molecule has 0 spiro atoms. The van der Waals surface area contributed by atoms with Gasteiger partial charge < -0.3 is 14.8 Å². The number of rotatable bonds is 5. The van der Waals surface area contributed by atoms with E-state index < -0.39 is 10.7 Å². The van der Waals surface area contributed by atoms with Gasteiger partial charge in [-0.05, 0) is 30.2 Å². The fourth-order valence-electron chi connectivity index (χ4n) is 2.54. The van der Waals surface area contributed by atoms with Gasteiger partial charge in [-0.15, -0.1) is 0 Å². The number of nitrogens with zero attached hydrogens (tertiary/aromatic N) is 1. The molecule has 0 aliphatic carbocycles. The van der Waals surface area contributed by atoms with Crippen LogP contribution in [0.15, 0.2) is 30.3 Å². The maximum absolute atomic E-state index is 13.8. The molecular formula is C16H14F2N2O4. The van der Waals surface area contributed by atoms with Crippen LogP contribution in [0.3, 0.4) is 0 Å². The number of hydrogen-bond acceptors (Lipinski definition) is 5. The number of halogens is 2. The van der Waals surface area contributed by atoms with Gasteiger partial charge in [0.2, 0.25) is 0 Å². The van der Waals surface area contributed by atoms with Crippen molar-refractivity contribution in [2.24, 2.45) is 0 Å². The van der Waals surface area contributed by atoms with Crippen molar-refractivity contribution in [3.05, 3.63) is 63.2 Å². The van der Waals surface area contributed by atoms with Crippen molar-refractivity contribution in [2.45, 2.75) is 13.0 Å². The van der Waals surface area contributed by atoms with E-state index in [4.69, 9.17) is 9.47 Å². The van der Waals surface area contributed by atoms with Crippen LogP contribution >= 0.6 is 0 Å². The average Bonchev–Trinajstić information content (AvgIpc) is 2.55. The number of benzene rings is 2. The van der Waals surface area contributed by atoms with E-state index in [2.05, 4.69) is 5.32 Å². The van der Waals surface area contributed by atoms with Gasteiger partial charge in [0.05, 0.1) is 23.3 Å². The lowest BCUT2D eigenvalue weighted by molar-refractivity contribution is -0.385. The monoisotopic (exact) mass is 336 g/mol. The third-order valence-electron chi connectivity index (χ3n) is 3.62. The maximum Gasteiger partial charge on any atom is 0.272 e. The summed E-state index contributed by atoms with van der Waals surface area (Å²) in [5.41, 5.74) is 1.13. The summed E-state index contributed by atoms with van der Waals surface area (Å²) in [5.74, 6) is -0.511. The van der Waals surface area contributed by atoms with Gasteiger partial charge in [0.1, 0.15) is 11.6 Å². The second kappa shape index (κ2) is 6.79. The predicted molar refractivity (Wildman–Crippen MR) is 81.9 cm³/mol. The molecule has 6 nitrogen and oxygen atoms in total. The average molecular weight is 336 g/mol. The van der Waals surface area contributed by atoms with Crippen LogP contribution in [-0.2, 0) is 17.8 Å². The van der Waals surface area contributed by atoms with Crippen molar-refractivity contribution in [2.75, 3.05) is 18.7 Å². The Hall–Kier alpha value is -2.74. The zero-order valence-corrected chi connectivity index (χ0v) is 12.6. The van der Waals surface area contributed by atoms with Gasteiger partial charge in [0.25, 0.3) is 5.69 Å². The topological polar surface area (TPSA) is 73.6 Å². The zero-order valence-electron chi connectivity index (χ0n) is 12.6. The van der Waals surface area contributed by atoms with Gasteiger partial charge in [0.15, 0.2) is 12.6 Å². The lowest BCUT2D eigenvalue weighted by Crippen LogP contribution is -2.15. The largest absolute Gasteiger partial charge is 0.467 e. The third-order valence-corrected chi connectivity index (χ3v) is 3.62. The minimum Gasteiger partial charge on any atom is -0.467 e. The Bertz CT molecular complexity index is 783. The Balaban J connectivity index is 1.69. The van der Waals surface area contributed by atoms with E-state index in [1.807, 2.05) is 0 Å². The van der Waals surface area contributed by atoms with Crippen LogP contribution in [0, 0.1) is 21.7 Å². The van der Waals surface area contributed by atoms with Crippen LogP contribution in [0.5, 0.6) is 5.75 Å². The number of non-ortho nitro benzene ring substituents is 1. The smallest absolute Gasteiger partial charge is 0.272 e. The minimum atomic E-state index is -0.713. The molecule has 3 rings (SSSR count). The molecule has 0 bridgehead atoms. The lowest BCUT2D eigenvalue weighted by Gasteiger charge is -2.21. The van der Waals surface area contributed by atoms with Gasteiger partial charge in [0, 0.05) is 18.2 Å². The Kier molecular flexibility index (Phi) is 4.57. The molecule has 2 aromatic carbocycles. The molecule has 0 amide bonds. The van der Waals surface area contributed by atoms with Crippen LogP contribution in [0.1, 0.15) is 11.1 Å². The number of ether oxygens (including phenoxy) is 2. The molecule has 0 aromatic heterocycles. The van der Waals surface area contributed by atoms with E-state index in [0.29, 0.717) is 29.8 Å². The quantitative estimate of drug-likeness (QED) is 0.669. The number of hydrogen-bond donors (Lipinski definition) is 1. The first-order valence-electron chi connectivity index (χ1n) is 7.24. The van der Waals surface area contributed by atoms with Gasteiger partial charge >= 0.3 is 0 Å². The van der Waals surface area contributed by atoms with Crippen LogP contribution in [0.25, 0.3) is 0 Å². The summed E-state index contributed by atoms with van der Waals surface area (Å²) in [5, 5.41) is 13.4. The molecule has 0 unspecified atom stereocenters.